The maximum absolute atomic E-state index is 12.2. The van der Waals surface area contributed by atoms with E-state index in [4.69, 9.17) is 23.7 Å². The summed E-state index contributed by atoms with van der Waals surface area (Å²) < 4.78 is 26.5. The van der Waals surface area contributed by atoms with Crippen LogP contribution in [0, 0.1) is 0 Å². The second kappa shape index (κ2) is 10.9. The molecule has 0 amide bonds. The highest BCUT2D eigenvalue weighted by molar-refractivity contribution is 6.37. The van der Waals surface area contributed by atoms with E-state index < -0.39 is 5.97 Å². The topological polar surface area (TPSA) is 87.6 Å². The number of anilines is 1. The van der Waals surface area contributed by atoms with E-state index in [1.165, 1.54) is 7.11 Å². The summed E-state index contributed by atoms with van der Waals surface area (Å²) in [6, 6.07) is 10.7. The maximum Gasteiger partial charge on any atom is 0.354 e. The van der Waals surface area contributed by atoms with Crippen LogP contribution in [0.5, 0.6) is 23.0 Å². The average Bonchev–Trinajstić information content (AvgIpc) is 2.76. The summed E-state index contributed by atoms with van der Waals surface area (Å²) in [6.45, 7) is 3.88. The van der Waals surface area contributed by atoms with Crippen LogP contribution in [0.25, 0.3) is 0 Å². The zero-order valence-corrected chi connectivity index (χ0v) is 18.1. The minimum Gasteiger partial charge on any atom is -0.493 e. The normalized spacial score (nSPS) is 11.1. The van der Waals surface area contributed by atoms with Gasteiger partial charge < -0.3 is 23.7 Å². The highest BCUT2D eigenvalue weighted by atomic mass is 16.5. The second-order valence-corrected chi connectivity index (χ2v) is 6.56. The second-order valence-electron chi connectivity index (χ2n) is 6.56. The van der Waals surface area contributed by atoms with Crippen LogP contribution in [0.15, 0.2) is 41.5 Å². The summed E-state index contributed by atoms with van der Waals surface area (Å²) in [6.07, 6.45) is 0.258. The third-order valence-electron chi connectivity index (χ3n) is 4.09. The standard InChI is InChI=1S/C22H28N2O6/c1-14(2)30-19-9-7-15(12-20(19)27-4)11-17(22(25)29-6)24-23-16-8-10-18(26-3)21(13-16)28-5/h7-10,12-14,23H,11H2,1-6H3/b24-17+. The molecule has 0 aliphatic rings. The lowest BCUT2D eigenvalue weighted by molar-refractivity contribution is -0.132. The number of hydrogen-bond donors (Lipinski definition) is 1. The van der Waals surface area contributed by atoms with Crippen LogP contribution in [-0.2, 0) is 16.0 Å². The van der Waals surface area contributed by atoms with Crippen molar-refractivity contribution >= 4 is 17.4 Å². The van der Waals surface area contributed by atoms with Gasteiger partial charge in [0.2, 0.25) is 0 Å². The Morgan fingerprint density at radius 1 is 0.900 bits per heavy atom. The Hall–Kier alpha value is -3.42. The van der Waals surface area contributed by atoms with Crippen molar-refractivity contribution in [2.45, 2.75) is 26.4 Å². The highest BCUT2D eigenvalue weighted by Gasteiger charge is 2.16. The molecule has 0 fully saturated rings. The molecule has 8 heteroatoms. The Bertz CT molecular complexity index is 895. The average molecular weight is 416 g/mol. The number of hydrazone groups is 1. The fourth-order valence-corrected chi connectivity index (χ4v) is 2.68. The highest BCUT2D eigenvalue weighted by Crippen LogP contribution is 2.30. The van der Waals surface area contributed by atoms with Gasteiger partial charge in [0, 0.05) is 12.5 Å². The number of hydrogen-bond acceptors (Lipinski definition) is 8. The molecule has 0 aliphatic carbocycles. The molecule has 0 aromatic heterocycles. The first-order chi connectivity index (χ1) is 14.4. The summed E-state index contributed by atoms with van der Waals surface area (Å²) in [7, 11) is 5.99. The molecule has 2 aromatic carbocycles. The molecule has 0 heterocycles. The number of benzene rings is 2. The lowest BCUT2D eigenvalue weighted by Gasteiger charge is -2.15. The van der Waals surface area contributed by atoms with Crippen LogP contribution >= 0.6 is 0 Å². The van der Waals surface area contributed by atoms with E-state index >= 15 is 0 Å². The molecule has 0 aliphatic heterocycles. The summed E-state index contributed by atoms with van der Waals surface area (Å²) in [5, 5.41) is 4.24. The van der Waals surface area contributed by atoms with Crippen molar-refractivity contribution in [3.05, 3.63) is 42.0 Å². The molecule has 0 saturated carbocycles. The molecule has 0 atom stereocenters. The van der Waals surface area contributed by atoms with E-state index in [-0.39, 0.29) is 18.2 Å². The van der Waals surface area contributed by atoms with E-state index in [1.54, 1.807) is 39.5 Å². The zero-order chi connectivity index (χ0) is 22.1. The molecule has 1 N–H and O–H groups in total. The number of esters is 1. The van der Waals surface area contributed by atoms with Gasteiger partial charge in [-0.15, -0.1) is 0 Å². The van der Waals surface area contributed by atoms with E-state index in [1.807, 2.05) is 32.0 Å². The van der Waals surface area contributed by atoms with Crippen LogP contribution < -0.4 is 24.4 Å². The predicted octanol–water partition coefficient (Wildman–Crippen LogP) is 3.68. The van der Waals surface area contributed by atoms with Gasteiger partial charge >= 0.3 is 5.97 Å². The Morgan fingerprint density at radius 3 is 2.13 bits per heavy atom. The number of nitrogens with one attached hydrogen (secondary N) is 1. The predicted molar refractivity (Wildman–Crippen MR) is 115 cm³/mol. The van der Waals surface area contributed by atoms with Crippen LogP contribution in [-0.4, -0.2) is 46.2 Å². The number of methoxy groups -OCH3 is 4. The molecule has 0 bridgehead atoms. The van der Waals surface area contributed by atoms with Crippen molar-refractivity contribution < 1.29 is 28.5 Å². The molecule has 8 nitrogen and oxygen atoms in total. The molecule has 162 valence electrons. The minimum absolute atomic E-state index is 0.0163. The van der Waals surface area contributed by atoms with Gasteiger partial charge in [0.25, 0.3) is 0 Å². The smallest absolute Gasteiger partial charge is 0.354 e. The third kappa shape index (κ3) is 6.04. The van der Waals surface area contributed by atoms with Gasteiger partial charge in [-0.1, -0.05) is 6.07 Å². The van der Waals surface area contributed by atoms with Crippen molar-refractivity contribution in [3.63, 3.8) is 0 Å². The molecule has 2 rings (SSSR count). The van der Waals surface area contributed by atoms with Crippen LogP contribution in [0.4, 0.5) is 5.69 Å². The minimum atomic E-state index is -0.538. The molecular formula is C22H28N2O6. The molecule has 2 aromatic rings. The number of ether oxygens (including phenoxy) is 5. The SMILES string of the molecule is COC(=O)/C(Cc1ccc(OC(C)C)c(OC)c1)=N/Nc1ccc(OC)c(OC)c1. The maximum atomic E-state index is 12.2. The first kappa shape index (κ1) is 22.9. The van der Waals surface area contributed by atoms with Crippen LogP contribution in [0.3, 0.4) is 0 Å². The Kier molecular flexibility index (Phi) is 8.34. The van der Waals surface area contributed by atoms with Crippen LogP contribution in [0.1, 0.15) is 19.4 Å². The third-order valence-corrected chi connectivity index (χ3v) is 4.09. The molecular weight excluding hydrogens is 388 g/mol. The number of carbonyl (C=O) groups excluding carboxylic acids is 1. The van der Waals surface area contributed by atoms with Gasteiger partial charge in [0.05, 0.1) is 40.2 Å². The Labute approximate surface area is 176 Å². The van der Waals surface area contributed by atoms with Crippen molar-refractivity contribution in [2.24, 2.45) is 5.10 Å². The Morgan fingerprint density at radius 2 is 1.53 bits per heavy atom. The van der Waals surface area contributed by atoms with E-state index in [2.05, 4.69) is 10.5 Å². The summed E-state index contributed by atoms with van der Waals surface area (Å²) >= 11 is 0. The van der Waals surface area contributed by atoms with Crippen molar-refractivity contribution in [1.29, 1.82) is 0 Å². The van der Waals surface area contributed by atoms with Crippen molar-refractivity contribution in [2.75, 3.05) is 33.9 Å². The first-order valence-corrected chi connectivity index (χ1v) is 9.38. The summed E-state index contributed by atoms with van der Waals surface area (Å²) in [4.78, 5) is 12.2. The van der Waals surface area contributed by atoms with Crippen LogP contribution in [0.2, 0.25) is 0 Å². The molecule has 0 radical (unpaired) electrons. The largest absolute Gasteiger partial charge is 0.493 e. The quantitative estimate of drug-likeness (QED) is 0.359. The lowest BCUT2D eigenvalue weighted by atomic mass is 10.1. The number of nitrogens with zero attached hydrogens (tertiary/aromatic N) is 1. The van der Waals surface area contributed by atoms with E-state index in [0.717, 1.165) is 5.56 Å². The number of carbonyl (C=O) groups is 1. The Balaban J connectivity index is 2.25. The zero-order valence-electron chi connectivity index (χ0n) is 18.1. The summed E-state index contributed by atoms with van der Waals surface area (Å²) in [5.74, 6) is 1.82. The first-order valence-electron chi connectivity index (χ1n) is 9.38. The molecule has 0 saturated heterocycles. The monoisotopic (exact) mass is 416 g/mol. The van der Waals surface area contributed by atoms with Gasteiger partial charge in [-0.05, 0) is 43.7 Å². The number of rotatable bonds is 10. The van der Waals surface area contributed by atoms with E-state index in [9.17, 15) is 4.79 Å². The van der Waals surface area contributed by atoms with Gasteiger partial charge in [0.1, 0.15) is 5.71 Å². The molecule has 30 heavy (non-hydrogen) atoms. The molecule has 0 spiro atoms. The van der Waals surface area contributed by atoms with Crippen molar-refractivity contribution in [3.8, 4) is 23.0 Å². The van der Waals surface area contributed by atoms with E-state index in [0.29, 0.717) is 28.7 Å². The fourth-order valence-electron chi connectivity index (χ4n) is 2.68. The lowest BCUT2D eigenvalue weighted by Crippen LogP contribution is -2.20. The van der Waals surface area contributed by atoms with Crippen molar-refractivity contribution in [1.82, 2.24) is 0 Å². The van der Waals surface area contributed by atoms with Gasteiger partial charge in [-0.25, -0.2) is 4.79 Å². The van der Waals surface area contributed by atoms with Gasteiger partial charge in [0.15, 0.2) is 23.0 Å². The summed E-state index contributed by atoms with van der Waals surface area (Å²) in [5.41, 5.74) is 4.52. The fraction of sp³-hybridized carbons (Fsp3) is 0.364. The molecule has 0 unspecified atom stereocenters. The van der Waals surface area contributed by atoms with Gasteiger partial charge in [-0.2, -0.15) is 5.10 Å². The van der Waals surface area contributed by atoms with Gasteiger partial charge in [-0.3, -0.25) is 5.43 Å².